The smallest absolute Gasteiger partial charge is 0.229 e. The predicted molar refractivity (Wildman–Crippen MR) is 94.6 cm³/mol. The molecule has 1 aliphatic carbocycles. The molecule has 5 heteroatoms. The van der Waals surface area contributed by atoms with Gasteiger partial charge in [-0.15, -0.1) is 0 Å². The number of hydrogen-bond donors (Lipinski definition) is 2. The molecule has 2 N–H and O–H groups in total. The average Bonchev–Trinajstić information content (AvgIpc) is 2.99. The minimum atomic E-state index is 0.0587. The zero-order valence-electron chi connectivity index (χ0n) is 14.1. The van der Waals surface area contributed by atoms with Gasteiger partial charge in [0.1, 0.15) is 5.82 Å². The summed E-state index contributed by atoms with van der Waals surface area (Å²) in [6.45, 7) is 6.20. The van der Waals surface area contributed by atoms with Crippen LogP contribution < -0.4 is 5.32 Å². The molecular formula is C19H20N4O. The molecule has 1 fully saturated rings. The fourth-order valence-electron chi connectivity index (χ4n) is 3.09. The highest BCUT2D eigenvalue weighted by Crippen LogP contribution is 2.51. The molecule has 1 aliphatic rings. The molecule has 3 aromatic heterocycles. The third-order valence-electron chi connectivity index (χ3n) is 4.79. The van der Waals surface area contributed by atoms with Crippen molar-refractivity contribution < 1.29 is 4.79 Å². The molecule has 0 saturated heterocycles. The van der Waals surface area contributed by atoms with E-state index in [0.29, 0.717) is 5.82 Å². The third-order valence-corrected chi connectivity index (χ3v) is 4.79. The molecule has 3 aromatic rings. The first-order valence-corrected chi connectivity index (χ1v) is 8.15. The molecular weight excluding hydrogens is 300 g/mol. The summed E-state index contributed by atoms with van der Waals surface area (Å²) in [5.41, 5.74) is 4.16. The van der Waals surface area contributed by atoms with Crippen LogP contribution in [0.25, 0.3) is 22.2 Å². The number of H-pyrrole nitrogens is 1. The standard InChI is InChI=1S/C19H20N4O/c1-11-6-12(4-5-20-11)15-7-13-10-21-17(8-16(13)22-15)23-18(24)14-9-19(14,2)3/h4-8,10,14,22H,9H2,1-3H3,(H,21,23,24). The van der Waals surface area contributed by atoms with Crippen LogP contribution in [-0.2, 0) is 4.79 Å². The van der Waals surface area contributed by atoms with E-state index in [2.05, 4.69) is 40.2 Å². The molecule has 1 saturated carbocycles. The summed E-state index contributed by atoms with van der Waals surface area (Å²) in [7, 11) is 0. The highest BCUT2D eigenvalue weighted by molar-refractivity contribution is 5.96. The van der Waals surface area contributed by atoms with Gasteiger partial charge in [0, 0.05) is 46.7 Å². The van der Waals surface area contributed by atoms with E-state index in [4.69, 9.17) is 0 Å². The maximum atomic E-state index is 12.2. The number of nitrogens with one attached hydrogen (secondary N) is 2. The van der Waals surface area contributed by atoms with Gasteiger partial charge in [-0.2, -0.15) is 0 Å². The van der Waals surface area contributed by atoms with Crippen molar-refractivity contribution >= 4 is 22.6 Å². The van der Waals surface area contributed by atoms with Crippen molar-refractivity contribution in [2.45, 2.75) is 27.2 Å². The minimum Gasteiger partial charge on any atom is -0.354 e. The topological polar surface area (TPSA) is 70.7 Å². The number of fused-ring (bicyclic) bond motifs is 1. The summed E-state index contributed by atoms with van der Waals surface area (Å²) >= 11 is 0. The van der Waals surface area contributed by atoms with E-state index < -0.39 is 0 Å². The Labute approximate surface area is 140 Å². The summed E-state index contributed by atoms with van der Waals surface area (Å²) in [4.78, 5) is 24.2. The highest BCUT2D eigenvalue weighted by Gasteiger charge is 2.50. The Morgan fingerprint density at radius 2 is 2.08 bits per heavy atom. The monoisotopic (exact) mass is 320 g/mol. The largest absolute Gasteiger partial charge is 0.354 e. The van der Waals surface area contributed by atoms with E-state index in [1.165, 1.54) is 0 Å². The molecule has 0 bridgehead atoms. The van der Waals surface area contributed by atoms with Crippen LogP contribution in [-0.4, -0.2) is 20.9 Å². The quantitative estimate of drug-likeness (QED) is 0.768. The van der Waals surface area contributed by atoms with Gasteiger partial charge in [0.2, 0.25) is 5.91 Å². The van der Waals surface area contributed by atoms with Crippen molar-refractivity contribution in [2.24, 2.45) is 11.3 Å². The molecule has 1 amide bonds. The van der Waals surface area contributed by atoms with Crippen molar-refractivity contribution in [3.05, 3.63) is 42.4 Å². The summed E-state index contributed by atoms with van der Waals surface area (Å²) in [6.07, 6.45) is 4.53. The van der Waals surface area contributed by atoms with Crippen LogP contribution in [0, 0.1) is 18.3 Å². The van der Waals surface area contributed by atoms with Gasteiger partial charge in [0.25, 0.3) is 0 Å². The second-order valence-corrected chi connectivity index (χ2v) is 7.26. The van der Waals surface area contributed by atoms with Crippen LogP contribution in [0.4, 0.5) is 5.82 Å². The Balaban J connectivity index is 1.61. The number of pyridine rings is 2. The number of aromatic amines is 1. The first kappa shape index (κ1) is 14.9. The van der Waals surface area contributed by atoms with E-state index in [1.807, 2.05) is 25.1 Å². The van der Waals surface area contributed by atoms with Gasteiger partial charge < -0.3 is 10.3 Å². The third kappa shape index (κ3) is 2.66. The van der Waals surface area contributed by atoms with Gasteiger partial charge >= 0.3 is 0 Å². The van der Waals surface area contributed by atoms with Crippen molar-refractivity contribution in [3.8, 4) is 11.3 Å². The Morgan fingerprint density at radius 3 is 2.79 bits per heavy atom. The molecule has 24 heavy (non-hydrogen) atoms. The van der Waals surface area contributed by atoms with Gasteiger partial charge in [-0.05, 0) is 37.0 Å². The molecule has 3 heterocycles. The van der Waals surface area contributed by atoms with Gasteiger partial charge in [-0.3, -0.25) is 9.78 Å². The van der Waals surface area contributed by atoms with Crippen molar-refractivity contribution in [2.75, 3.05) is 5.32 Å². The van der Waals surface area contributed by atoms with E-state index >= 15 is 0 Å². The second kappa shape index (κ2) is 5.16. The number of amides is 1. The normalized spacial score (nSPS) is 18.5. The van der Waals surface area contributed by atoms with E-state index in [-0.39, 0.29) is 17.2 Å². The van der Waals surface area contributed by atoms with Crippen LogP contribution in [0.2, 0.25) is 0 Å². The molecule has 0 radical (unpaired) electrons. The number of carbonyl (C=O) groups excluding carboxylic acids is 1. The zero-order chi connectivity index (χ0) is 16.9. The van der Waals surface area contributed by atoms with Crippen LogP contribution in [0.1, 0.15) is 26.0 Å². The van der Waals surface area contributed by atoms with Gasteiger partial charge in [-0.25, -0.2) is 4.98 Å². The van der Waals surface area contributed by atoms with Crippen molar-refractivity contribution in [3.63, 3.8) is 0 Å². The number of carbonyl (C=O) groups is 1. The number of hydrogen-bond acceptors (Lipinski definition) is 3. The lowest BCUT2D eigenvalue weighted by Gasteiger charge is -2.05. The summed E-state index contributed by atoms with van der Waals surface area (Å²) in [5.74, 6) is 0.742. The van der Waals surface area contributed by atoms with Gasteiger partial charge in [0.05, 0.1) is 5.52 Å². The fraction of sp³-hybridized carbons (Fsp3) is 0.316. The van der Waals surface area contributed by atoms with Crippen molar-refractivity contribution in [1.82, 2.24) is 15.0 Å². The Kier molecular flexibility index (Phi) is 3.20. The second-order valence-electron chi connectivity index (χ2n) is 7.26. The minimum absolute atomic E-state index is 0.0587. The number of anilines is 1. The molecule has 4 rings (SSSR count). The molecule has 122 valence electrons. The van der Waals surface area contributed by atoms with Gasteiger partial charge in [0.15, 0.2) is 0 Å². The Hall–Kier alpha value is -2.69. The average molecular weight is 320 g/mol. The van der Waals surface area contributed by atoms with Crippen LogP contribution in [0.3, 0.4) is 0 Å². The Bertz CT molecular complexity index is 941. The lowest BCUT2D eigenvalue weighted by molar-refractivity contribution is -0.118. The molecule has 0 aliphatic heterocycles. The summed E-state index contributed by atoms with van der Waals surface area (Å²) in [6, 6.07) is 7.96. The lowest BCUT2D eigenvalue weighted by Crippen LogP contribution is -2.17. The number of aryl methyl sites for hydroxylation is 1. The highest BCUT2D eigenvalue weighted by atomic mass is 16.2. The Morgan fingerprint density at radius 1 is 1.29 bits per heavy atom. The number of nitrogens with zero attached hydrogens (tertiary/aromatic N) is 2. The van der Waals surface area contributed by atoms with E-state index in [0.717, 1.165) is 34.3 Å². The number of rotatable bonds is 3. The molecule has 5 nitrogen and oxygen atoms in total. The van der Waals surface area contributed by atoms with Crippen LogP contribution in [0.15, 0.2) is 36.7 Å². The fourth-order valence-corrected chi connectivity index (χ4v) is 3.09. The lowest BCUT2D eigenvalue weighted by atomic mass is 10.1. The van der Waals surface area contributed by atoms with Crippen molar-refractivity contribution in [1.29, 1.82) is 0 Å². The maximum absolute atomic E-state index is 12.2. The molecule has 0 spiro atoms. The van der Waals surface area contributed by atoms with Gasteiger partial charge in [-0.1, -0.05) is 13.8 Å². The zero-order valence-corrected chi connectivity index (χ0v) is 14.1. The number of aromatic nitrogens is 3. The van der Waals surface area contributed by atoms with Crippen LogP contribution >= 0.6 is 0 Å². The first-order valence-electron chi connectivity index (χ1n) is 8.15. The van der Waals surface area contributed by atoms with E-state index in [1.54, 1.807) is 12.4 Å². The molecule has 1 atom stereocenters. The molecule has 0 aromatic carbocycles. The molecule has 1 unspecified atom stereocenters. The van der Waals surface area contributed by atoms with E-state index in [9.17, 15) is 4.79 Å². The SMILES string of the molecule is Cc1cc(-c2cc3cnc(NC(=O)C4CC4(C)C)cc3[nH]2)ccn1. The first-order chi connectivity index (χ1) is 11.4. The maximum Gasteiger partial charge on any atom is 0.229 e. The summed E-state index contributed by atoms with van der Waals surface area (Å²) < 4.78 is 0. The summed E-state index contributed by atoms with van der Waals surface area (Å²) in [5, 5.41) is 3.95. The predicted octanol–water partition coefficient (Wildman–Crippen LogP) is 3.92. The van der Waals surface area contributed by atoms with Crippen LogP contribution in [0.5, 0.6) is 0 Å².